The molecular formula is C7H8F3N3O. The van der Waals surface area contributed by atoms with Crippen molar-refractivity contribution in [3.05, 3.63) is 18.1 Å². The van der Waals surface area contributed by atoms with Gasteiger partial charge in [-0.25, -0.2) is 4.98 Å². The minimum absolute atomic E-state index is 0.107. The predicted octanol–water partition coefficient (Wildman–Crippen LogP) is 0.876. The number of alkyl halides is 3. The lowest BCUT2D eigenvalue weighted by atomic mass is 10.4. The van der Waals surface area contributed by atoms with E-state index < -0.39 is 12.8 Å². The van der Waals surface area contributed by atoms with Crippen LogP contribution >= 0.6 is 0 Å². The van der Waals surface area contributed by atoms with E-state index in [4.69, 9.17) is 5.73 Å². The van der Waals surface area contributed by atoms with Gasteiger partial charge in [0.15, 0.2) is 6.61 Å². The minimum Gasteiger partial charge on any atom is -0.467 e. The van der Waals surface area contributed by atoms with Gasteiger partial charge in [0.25, 0.3) is 0 Å². The van der Waals surface area contributed by atoms with Gasteiger partial charge in [0.05, 0.1) is 11.9 Å². The van der Waals surface area contributed by atoms with Crippen LogP contribution in [0, 0.1) is 0 Å². The quantitative estimate of drug-likeness (QED) is 0.799. The third-order valence-electron chi connectivity index (χ3n) is 1.26. The largest absolute Gasteiger partial charge is 0.467 e. The van der Waals surface area contributed by atoms with E-state index in [0.717, 1.165) is 6.20 Å². The van der Waals surface area contributed by atoms with Gasteiger partial charge in [-0.2, -0.15) is 13.2 Å². The van der Waals surface area contributed by atoms with Gasteiger partial charge in [0.2, 0.25) is 5.88 Å². The second-order valence-corrected chi connectivity index (χ2v) is 2.46. The number of ether oxygens (including phenoxy) is 1. The maximum Gasteiger partial charge on any atom is 0.422 e. The number of hydrogen-bond donors (Lipinski definition) is 1. The summed E-state index contributed by atoms with van der Waals surface area (Å²) < 4.78 is 39.5. The Morgan fingerprint density at radius 2 is 2.07 bits per heavy atom. The zero-order valence-corrected chi connectivity index (χ0v) is 7.08. The molecule has 4 nitrogen and oxygen atoms in total. The first kappa shape index (κ1) is 10.7. The number of hydrogen-bond acceptors (Lipinski definition) is 4. The van der Waals surface area contributed by atoms with Crippen LogP contribution in [0.4, 0.5) is 13.2 Å². The molecule has 0 spiro atoms. The van der Waals surface area contributed by atoms with Crippen molar-refractivity contribution < 1.29 is 17.9 Å². The monoisotopic (exact) mass is 207 g/mol. The Kier molecular flexibility index (Phi) is 3.23. The standard InChI is InChI=1S/C7H8F3N3O/c8-7(9,10)4-14-6-3-12-2-5(1-11)13-6/h2-3H,1,4,11H2. The first-order valence-electron chi connectivity index (χ1n) is 3.72. The molecule has 0 unspecified atom stereocenters. The summed E-state index contributed by atoms with van der Waals surface area (Å²) in [6.07, 6.45) is -1.91. The maximum atomic E-state index is 11.7. The van der Waals surface area contributed by atoms with E-state index in [1.165, 1.54) is 6.20 Å². The highest BCUT2D eigenvalue weighted by Crippen LogP contribution is 2.16. The molecule has 0 saturated carbocycles. The second kappa shape index (κ2) is 4.23. The minimum atomic E-state index is -4.37. The van der Waals surface area contributed by atoms with Crippen molar-refractivity contribution in [1.82, 2.24) is 9.97 Å². The molecule has 2 N–H and O–H groups in total. The summed E-state index contributed by atoms with van der Waals surface area (Å²) in [7, 11) is 0. The lowest BCUT2D eigenvalue weighted by Crippen LogP contribution is -2.20. The molecule has 0 bridgehead atoms. The molecule has 0 atom stereocenters. The van der Waals surface area contributed by atoms with E-state index in [1.54, 1.807) is 0 Å². The van der Waals surface area contributed by atoms with Gasteiger partial charge in [0, 0.05) is 12.7 Å². The maximum absolute atomic E-state index is 11.7. The smallest absolute Gasteiger partial charge is 0.422 e. The summed E-state index contributed by atoms with van der Waals surface area (Å²) in [5, 5.41) is 0. The predicted molar refractivity (Wildman–Crippen MR) is 41.5 cm³/mol. The number of halogens is 3. The summed E-state index contributed by atoms with van der Waals surface area (Å²) in [6, 6.07) is 0. The van der Waals surface area contributed by atoms with Crippen LogP contribution in [0.25, 0.3) is 0 Å². The van der Waals surface area contributed by atoms with Gasteiger partial charge >= 0.3 is 6.18 Å². The molecule has 0 aliphatic carbocycles. The first-order valence-corrected chi connectivity index (χ1v) is 3.72. The van der Waals surface area contributed by atoms with Crippen molar-refractivity contribution in [3.8, 4) is 5.88 Å². The van der Waals surface area contributed by atoms with Crippen molar-refractivity contribution in [2.75, 3.05) is 6.61 Å². The highest BCUT2D eigenvalue weighted by Gasteiger charge is 2.28. The normalized spacial score (nSPS) is 11.4. The third kappa shape index (κ3) is 3.56. The highest BCUT2D eigenvalue weighted by atomic mass is 19.4. The molecule has 1 heterocycles. The van der Waals surface area contributed by atoms with E-state index in [0.29, 0.717) is 5.69 Å². The Morgan fingerprint density at radius 3 is 2.64 bits per heavy atom. The van der Waals surface area contributed by atoms with Crippen LogP contribution < -0.4 is 10.5 Å². The fourth-order valence-electron chi connectivity index (χ4n) is 0.710. The molecular weight excluding hydrogens is 199 g/mol. The molecule has 1 aromatic rings. The summed E-state index contributed by atoms with van der Waals surface area (Å²) in [5.74, 6) is -0.176. The second-order valence-electron chi connectivity index (χ2n) is 2.46. The van der Waals surface area contributed by atoms with Crippen molar-refractivity contribution in [1.29, 1.82) is 0 Å². The van der Waals surface area contributed by atoms with Crippen molar-refractivity contribution in [2.24, 2.45) is 5.73 Å². The Balaban J connectivity index is 2.59. The van der Waals surface area contributed by atoms with Crippen LogP contribution in [-0.2, 0) is 6.54 Å². The average molecular weight is 207 g/mol. The number of nitrogens with two attached hydrogens (primary N) is 1. The number of nitrogens with zero attached hydrogens (tertiary/aromatic N) is 2. The summed E-state index contributed by atoms with van der Waals surface area (Å²) in [5.41, 5.74) is 5.60. The summed E-state index contributed by atoms with van der Waals surface area (Å²) in [6.45, 7) is -1.27. The van der Waals surface area contributed by atoms with E-state index in [9.17, 15) is 13.2 Å². The van der Waals surface area contributed by atoms with Gasteiger partial charge in [-0.1, -0.05) is 0 Å². The molecule has 0 fully saturated rings. The lowest BCUT2D eigenvalue weighted by molar-refractivity contribution is -0.154. The van der Waals surface area contributed by atoms with Gasteiger partial charge < -0.3 is 10.5 Å². The van der Waals surface area contributed by atoms with Gasteiger partial charge in [0.1, 0.15) is 0 Å². The topological polar surface area (TPSA) is 61.0 Å². The molecule has 0 amide bonds. The molecule has 1 aromatic heterocycles. The van der Waals surface area contributed by atoms with Crippen LogP contribution in [0.15, 0.2) is 12.4 Å². The van der Waals surface area contributed by atoms with Crippen LogP contribution in [0.2, 0.25) is 0 Å². The van der Waals surface area contributed by atoms with E-state index in [1.807, 2.05) is 0 Å². The van der Waals surface area contributed by atoms with Crippen LogP contribution in [0.3, 0.4) is 0 Å². The van der Waals surface area contributed by atoms with E-state index in [-0.39, 0.29) is 12.4 Å². The van der Waals surface area contributed by atoms with Crippen molar-refractivity contribution in [2.45, 2.75) is 12.7 Å². The fourth-order valence-corrected chi connectivity index (χ4v) is 0.710. The van der Waals surface area contributed by atoms with E-state index >= 15 is 0 Å². The molecule has 0 aliphatic heterocycles. The molecule has 0 aromatic carbocycles. The molecule has 1 rings (SSSR count). The molecule has 0 saturated heterocycles. The van der Waals surface area contributed by atoms with Crippen molar-refractivity contribution >= 4 is 0 Å². The molecule has 0 radical (unpaired) electrons. The first-order chi connectivity index (χ1) is 6.51. The van der Waals surface area contributed by atoms with Gasteiger partial charge in [-0.3, -0.25) is 4.98 Å². The Labute approximate surface area is 77.9 Å². The zero-order valence-electron chi connectivity index (χ0n) is 7.08. The zero-order chi connectivity index (χ0) is 10.6. The number of rotatable bonds is 3. The molecule has 0 aliphatic rings. The van der Waals surface area contributed by atoms with Gasteiger partial charge in [-0.15, -0.1) is 0 Å². The summed E-state index contributed by atoms with van der Waals surface area (Å²) >= 11 is 0. The van der Waals surface area contributed by atoms with Crippen LogP contribution in [0.1, 0.15) is 5.69 Å². The lowest BCUT2D eigenvalue weighted by Gasteiger charge is -2.08. The third-order valence-corrected chi connectivity index (χ3v) is 1.26. The van der Waals surface area contributed by atoms with Crippen LogP contribution in [0.5, 0.6) is 5.88 Å². The molecule has 78 valence electrons. The fraction of sp³-hybridized carbons (Fsp3) is 0.429. The Morgan fingerprint density at radius 1 is 1.36 bits per heavy atom. The number of aromatic nitrogens is 2. The highest BCUT2D eigenvalue weighted by molar-refractivity contribution is 5.07. The summed E-state index contributed by atoms with van der Waals surface area (Å²) in [4.78, 5) is 7.31. The average Bonchev–Trinajstić information content (AvgIpc) is 2.14. The van der Waals surface area contributed by atoms with Crippen LogP contribution in [-0.4, -0.2) is 22.8 Å². The molecule has 7 heteroatoms. The van der Waals surface area contributed by atoms with Crippen molar-refractivity contribution in [3.63, 3.8) is 0 Å². The molecule has 14 heavy (non-hydrogen) atoms. The van der Waals surface area contributed by atoms with E-state index in [2.05, 4.69) is 14.7 Å². The SMILES string of the molecule is NCc1cncc(OCC(F)(F)F)n1. The Bertz CT molecular complexity index is 302. The van der Waals surface area contributed by atoms with Gasteiger partial charge in [-0.05, 0) is 0 Å². The Hall–Kier alpha value is -1.37.